The molecule has 0 atom stereocenters. The molecular weight excluding hydrogens is 256 g/mol. The molecule has 20 heavy (non-hydrogen) atoms. The molecule has 0 aliphatic carbocycles. The number of para-hydroxylation sites is 1. The Kier molecular flexibility index (Phi) is 3.37. The number of ether oxygens (including phenoxy) is 1. The molecule has 1 aromatic carbocycles. The average Bonchev–Trinajstić information content (AvgIpc) is 2.85. The Balaban J connectivity index is 2.06. The summed E-state index contributed by atoms with van der Waals surface area (Å²) in [7, 11) is 0. The van der Waals surface area contributed by atoms with Crippen LogP contribution in [0.3, 0.4) is 0 Å². The van der Waals surface area contributed by atoms with E-state index >= 15 is 0 Å². The zero-order chi connectivity index (χ0) is 13.9. The maximum Gasteiger partial charge on any atom is 0.243 e. The molecule has 5 nitrogen and oxygen atoms in total. The highest BCUT2D eigenvalue weighted by molar-refractivity contribution is 5.47. The molecule has 3 aromatic rings. The smallest absolute Gasteiger partial charge is 0.243 e. The monoisotopic (exact) mass is 270 g/mol. The van der Waals surface area contributed by atoms with E-state index in [4.69, 9.17) is 4.74 Å². The minimum absolute atomic E-state index is 0.113. The highest BCUT2D eigenvalue weighted by Gasteiger charge is 2.14. The standard InChI is InChI=1S/C15H14N2O3/c18-9-11-5-1-2-6-13(11)20-15-12(10-19)17-8-4-3-7-14(17)16-15/h1-8,18-19H,9-10H2. The second-order valence-corrected chi connectivity index (χ2v) is 4.32. The van der Waals surface area contributed by atoms with Gasteiger partial charge in [0, 0.05) is 11.8 Å². The Hall–Kier alpha value is -2.37. The van der Waals surface area contributed by atoms with Gasteiger partial charge in [0.2, 0.25) is 5.88 Å². The maximum absolute atomic E-state index is 9.52. The van der Waals surface area contributed by atoms with Crippen molar-refractivity contribution in [3.8, 4) is 11.6 Å². The SMILES string of the molecule is OCc1ccccc1Oc1nc2ccccn2c1CO. The average molecular weight is 270 g/mol. The number of pyridine rings is 1. The minimum atomic E-state index is -0.179. The van der Waals surface area contributed by atoms with E-state index in [0.717, 1.165) is 0 Å². The van der Waals surface area contributed by atoms with Gasteiger partial charge in [-0.1, -0.05) is 24.3 Å². The predicted molar refractivity (Wildman–Crippen MR) is 73.6 cm³/mol. The Morgan fingerprint density at radius 1 is 1.00 bits per heavy atom. The second-order valence-electron chi connectivity index (χ2n) is 4.32. The third-order valence-corrected chi connectivity index (χ3v) is 3.09. The number of nitrogens with zero attached hydrogens (tertiary/aromatic N) is 2. The van der Waals surface area contributed by atoms with E-state index < -0.39 is 0 Å². The van der Waals surface area contributed by atoms with Crippen LogP contribution in [0.5, 0.6) is 11.6 Å². The summed E-state index contributed by atoms with van der Waals surface area (Å²) in [6.45, 7) is -0.292. The number of aliphatic hydroxyl groups is 2. The summed E-state index contributed by atoms with van der Waals surface area (Å²) in [6, 6.07) is 12.8. The molecule has 2 heterocycles. The second kappa shape index (κ2) is 5.32. The van der Waals surface area contributed by atoms with Crippen molar-refractivity contribution in [3.05, 3.63) is 59.9 Å². The Morgan fingerprint density at radius 3 is 2.60 bits per heavy atom. The third-order valence-electron chi connectivity index (χ3n) is 3.09. The van der Waals surface area contributed by atoms with E-state index in [2.05, 4.69) is 4.98 Å². The molecule has 0 aliphatic heterocycles. The van der Waals surface area contributed by atoms with Crippen molar-refractivity contribution in [1.29, 1.82) is 0 Å². The zero-order valence-electron chi connectivity index (χ0n) is 10.7. The fourth-order valence-electron chi connectivity index (χ4n) is 2.09. The van der Waals surface area contributed by atoms with E-state index in [-0.39, 0.29) is 13.2 Å². The first kappa shape index (κ1) is 12.7. The van der Waals surface area contributed by atoms with Crippen molar-refractivity contribution >= 4 is 5.65 Å². The van der Waals surface area contributed by atoms with Crippen molar-refractivity contribution in [2.75, 3.05) is 0 Å². The molecule has 3 rings (SSSR count). The van der Waals surface area contributed by atoms with Gasteiger partial charge in [0.05, 0.1) is 13.2 Å². The van der Waals surface area contributed by atoms with Crippen LogP contribution in [-0.4, -0.2) is 19.6 Å². The Labute approximate surface area is 115 Å². The molecule has 5 heteroatoms. The summed E-state index contributed by atoms with van der Waals surface area (Å²) in [5.74, 6) is 0.882. The van der Waals surface area contributed by atoms with Crippen molar-refractivity contribution in [2.24, 2.45) is 0 Å². The van der Waals surface area contributed by atoms with Crippen LogP contribution in [0.4, 0.5) is 0 Å². The quantitative estimate of drug-likeness (QED) is 0.762. The van der Waals surface area contributed by atoms with Crippen molar-refractivity contribution in [1.82, 2.24) is 9.38 Å². The number of imidazole rings is 1. The van der Waals surface area contributed by atoms with Crippen LogP contribution in [-0.2, 0) is 13.2 Å². The number of aromatic nitrogens is 2. The lowest BCUT2D eigenvalue weighted by atomic mass is 10.2. The zero-order valence-corrected chi connectivity index (χ0v) is 10.7. The van der Waals surface area contributed by atoms with Crippen LogP contribution >= 0.6 is 0 Å². The van der Waals surface area contributed by atoms with E-state index in [0.29, 0.717) is 28.5 Å². The number of hydrogen-bond donors (Lipinski definition) is 2. The largest absolute Gasteiger partial charge is 0.437 e. The van der Waals surface area contributed by atoms with Crippen LogP contribution < -0.4 is 4.74 Å². The number of aliphatic hydroxyl groups excluding tert-OH is 2. The van der Waals surface area contributed by atoms with Gasteiger partial charge in [-0.15, -0.1) is 0 Å². The van der Waals surface area contributed by atoms with Crippen LogP contribution in [0.25, 0.3) is 5.65 Å². The highest BCUT2D eigenvalue weighted by atomic mass is 16.5. The molecule has 102 valence electrons. The Bertz CT molecular complexity index is 737. The van der Waals surface area contributed by atoms with Crippen LogP contribution in [0.2, 0.25) is 0 Å². The molecule has 0 saturated heterocycles. The topological polar surface area (TPSA) is 67.0 Å². The summed E-state index contributed by atoms with van der Waals surface area (Å²) in [5, 5.41) is 18.8. The molecule has 2 N–H and O–H groups in total. The summed E-state index contributed by atoms with van der Waals surface area (Å²) >= 11 is 0. The molecule has 0 bridgehead atoms. The maximum atomic E-state index is 9.52. The van der Waals surface area contributed by atoms with Gasteiger partial charge in [-0.2, -0.15) is 4.98 Å². The first-order valence-corrected chi connectivity index (χ1v) is 6.27. The molecular formula is C15H14N2O3. The van der Waals surface area contributed by atoms with Gasteiger partial charge in [0.1, 0.15) is 17.1 Å². The first-order chi connectivity index (χ1) is 9.83. The van der Waals surface area contributed by atoms with E-state index in [1.54, 1.807) is 16.5 Å². The summed E-state index contributed by atoms with van der Waals surface area (Å²) in [5.41, 5.74) is 1.95. The number of benzene rings is 1. The fourth-order valence-corrected chi connectivity index (χ4v) is 2.09. The first-order valence-electron chi connectivity index (χ1n) is 6.27. The van der Waals surface area contributed by atoms with Gasteiger partial charge in [-0.05, 0) is 18.2 Å². The molecule has 0 fully saturated rings. The number of hydrogen-bond acceptors (Lipinski definition) is 4. The normalized spacial score (nSPS) is 10.9. The van der Waals surface area contributed by atoms with Gasteiger partial charge < -0.3 is 14.9 Å². The fraction of sp³-hybridized carbons (Fsp3) is 0.133. The predicted octanol–water partition coefficient (Wildman–Crippen LogP) is 2.11. The van der Waals surface area contributed by atoms with E-state index in [1.165, 1.54) is 0 Å². The summed E-state index contributed by atoms with van der Waals surface area (Å²) in [6.07, 6.45) is 1.82. The lowest BCUT2D eigenvalue weighted by Gasteiger charge is -2.08. The van der Waals surface area contributed by atoms with Gasteiger partial charge in [-0.3, -0.25) is 4.40 Å². The van der Waals surface area contributed by atoms with Gasteiger partial charge in [0.25, 0.3) is 0 Å². The van der Waals surface area contributed by atoms with Crippen LogP contribution in [0.15, 0.2) is 48.7 Å². The molecule has 0 radical (unpaired) electrons. The van der Waals surface area contributed by atoms with Crippen LogP contribution in [0, 0.1) is 0 Å². The van der Waals surface area contributed by atoms with Crippen molar-refractivity contribution in [3.63, 3.8) is 0 Å². The van der Waals surface area contributed by atoms with E-state index in [1.807, 2.05) is 36.5 Å². The van der Waals surface area contributed by atoms with Crippen molar-refractivity contribution in [2.45, 2.75) is 13.2 Å². The van der Waals surface area contributed by atoms with Gasteiger partial charge >= 0.3 is 0 Å². The number of fused-ring (bicyclic) bond motifs is 1. The van der Waals surface area contributed by atoms with Gasteiger partial charge in [0.15, 0.2) is 0 Å². The molecule has 0 amide bonds. The molecule has 0 spiro atoms. The third kappa shape index (κ3) is 2.13. The number of rotatable bonds is 4. The molecule has 0 unspecified atom stereocenters. The lowest BCUT2D eigenvalue weighted by molar-refractivity contribution is 0.266. The molecule has 0 aliphatic rings. The van der Waals surface area contributed by atoms with Gasteiger partial charge in [-0.25, -0.2) is 0 Å². The minimum Gasteiger partial charge on any atom is -0.437 e. The summed E-state index contributed by atoms with van der Waals surface area (Å²) < 4.78 is 7.53. The van der Waals surface area contributed by atoms with Crippen LogP contribution in [0.1, 0.15) is 11.3 Å². The summed E-state index contributed by atoms with van der Waals surface area (Å²) in [4.78, 5) is 4.35. The molecule has 2 aromatic heterocycles. The lowest BCUT2D eigenvalue weighted by Crippen LogP contribution is -1.96. The highest BCUT2D eigenvalue weighted by Crippen LogP contribution is 2.28. The van der Waals surface area contributed by atoms with E-state index in [9.17, 15) is 10.2 Å². The van der Waals surface area contributed by atoms with Crippen molar-refractivity contribution < 1.29 is 14.9 Å². The molecule has 0 saturated carbocycles. The Morgan fingerprint density at radius 2 is 1.80 bits per heavy atom.